The normalized spacial score (nSPS) is 50.2. The SMILES string of the molecule is COC(=O)CCC(=O)[C@H]1CC[C@H]2[C@@H]3[C@H](O)C[C@H]4C[C@@H](O)CC[C@]4(C)[C@H]3C[C@@H](O)[C@]12C. The Kier molecular flexibility index (Phi) is 5.82. The average molecular weight is 423 g/mol. The van der Waals surface area contributed by atoms with Crippen molar-refractivity contribution in [2.45, 2.75) is 89.9 Å². The minimum absolute atomic E-state index is 0.0262. The van der Waals surface area contributed by atoms with Crippen molar-refractivity contribution in [3.63, 3.8) is 0 Å². The molecule has 30 heavy (non-hydrogen) atoms. The molecular formula is C24H38O6. The molecular weight excluding hydrogens is 384 g/mol. The summed E-state index contributed by atoms with van der Waals surface area (Å²) in [5, 5.41) is 32.8. The summed E-state index contributed by atoms with van der Waals surface area (Å²) in [6.07, 6.45) is 4.25. The van der Waals surface area contributed by atoms with E-state index >= 15 is 0 Å². The summed E-state index contributed by atoms with van der Waals surface area (Å²) >= 11 is 0. The number of ketones is 1. The molecule has 0 heterocycles. The Morgan fingerprint density at radius 1 is 0.967 bits per heavy atom. The molecule has 0 aromatic rings. The summed E-state index contributed by atoms with van der Waals surface area (Å²) in [4.78, 5) is 24.5. The number of esters is 1. The number of aliphatic hydroxyl groups excluding tert-OH is 3. The number of hydrogen-bond acceptors (Lipinski definition) is 6. The molecule has 0 aromatic carbocycles. The molecule has 0 unspecified atom stereocenters. The molecule has 6 nitrogen and oxygen atoms in total. The maximum absolute atomic E-state index is 13.0. The smallest absolute Gasteiger partial charge is 0.305 e. The topological polar surface area (TPSA) is 104 Å². The molecule has 4 saturated carbocycles. The van der Waals surface area contributed by atoms with Gasteiger partial charge in [0.25, 0.3) is 0 Å². The lowest BCUT2D eigenvalue weighted by Gasteiger charge is -2.63. The molecule has 0 aliphatic heterocycles. The van der Waals surface area contributed by atoms with Crippen molar-refractivity contribution in [2.75, 3.05) is 7.11 Å². The Morgan fingerprint density at radius 2 is 1.70 bits per heavy atom. The second kappa shape index (κ2) is 7.86. The standard InChI is InChI=1S/C24H38O6/c1-23-9-8-14(25)10-13(23)11-19(27)22-16-5-4-15(18(26)6-7-21(29)30-3)24(16,2)20(28)12-17(22)23/h13-17,19-20,22,25,27-28H,4-12H2,1-3H3/t13-,14+,15-,16+,17+,19-,20-,22+,23+,24-/m1/s1. The highest BCUT2D eigenvalue weighted by atomic mass is 16.5. The lowest BCUT2D eigenvalue weighted by atomic mass is 9.43. The van der Waals surface area contributed by atoms with Crippen molar-refractivity contribution in [2.24, 2.45) is 40.4 Å². The largest absolute Gasteiger partial charge is 0.469 e. The van der Waals surface area contributed by atoms with Gasteiger partial charge in [-0.1, -0.05) is 13.8 Å². The third kappa shape index (κ3) is 3.25. The first-order valence-corrected chi connectivity index (χ1v) is 11.8. The van der Waals surface area contributed by atoms with E-state index in [1.165, 1.54) is 7.11 Å². The zero-order valence-electron chi connectivity index (χ0n) is 18.5. The first-order chi connectivity index (χ1) is 14.1. The Labute approximate surface area is 179 Å². The van der Waals surface area contributed by atoms with Gasteiger partial charge in [0.15, 0.2) is 0 Å². The fraction of sp³-hybridized carbons (Fsp3) is 0.917. The van der Waals surface area contributed by atoms with Crippen LogP contribution in [0.2, 0.25) is 0 Å². The molecule has 0 spiro atoms. The van der Waals surface area contributed by atoms with Gasteiger partial charge in [0.05, 0.1) is 31.8 Å². The number of fused-ring (bicyclic) bond motifs is 5. The summed E-state index contributed by atoms with van der Waals surface area (Å²) < 4.78 is 4.68. The van der Waals surface area contributed by atoms with Gasteiger partial charge in [0.1, 0.15) is 5.78 Å². The number of methoxy groups -OCH3 is 1. The third-order valence-electron chi connectivity index (χ3n) is 9.96. The monoisotopic (exact) mass is 422 g/mol. The lowest BCUT2D eigenvalue weighted by Crippen LogP contribution is -2.62. The van der Waals surface area contributed by atoms with Crippen LogP contribution < -0.4 is 0 Å². The summed E-state index contributed by atoms with van der Waals surface area (Å²) in [7, 11) is 1.33. The van der Waals surface area contributed by atoms with Crippen LogP contribution in [0.25, 0.3) is 0 Å². The van der Waals surface area contributed by atoms with Crippen LogP contribution >= 0.6 is 0 Å². The van der Waals surface area contributed by atoms with E-state index in [1.807, 2.05) is 6.92 Å². The number of Topliss-reactive ketones (excluding diaryl/α,β-unsaturated/α-hetero) is 1. The quantitative estimate of drug-likeness (QED) is 0.601. The first kappa shape index (κ1) is 22.2. The highest BCUT2D eigenvalue weighted by Crippen LogP contribution is 2.67. The van der Waals surface area contributed by atoms with E-state index < -0.39 is 17.6 Å². The molecule has 0 radical (unpaired) electrons. The molecule has 4 aliphatic rings. The summed E-state index contributed by atoms with van der Waals surface area (Å²) in [5.41, 5.74) is -0.523. The van der Waals surface area contributed by atoms with Gasteiger partial charge in [-0.05, 0) is 74.0 Å². The van der Waals surface area contributed by atoms with Crippen molar-refractivity contribution in [1.29, 1.82) is 0 Å². The molecule has 3 N–H and O–H groups in total. The summed E-state index contributed by atoms with van der Waals surface area (Å²) in [6.45, 7) is 4.34. The van der Waals surface area contributed by atoms with Crippen LogP contribution in [0.15, 0.2) is 0 Å². The van der Waals surface area contributed by atoms with Crippen molar-refractivity contribution in [1.82, 2.24) is 0 Å². The van der Waals surface area contributed by atoms with E-state index in [1.54, 1.807) is 0 Å². The zero-order valence-corrected chi connectivity index (χ0v) is 18.5. The number of carbonyl (C=O) groups is 2. The molecule has 0 amide bonds. The number of rotatable bonds is 4. The first-order valence-electron chi connectivity index (χ1n) is 11.8. The van der Waals surface area contributed by atoms with Gasteiger partial charge < -0.3 is 20.1 Å². The van der Waals surface area contributed by atoms with Gasteiger partial charge in [-0.2, -0.15) is 0 Å². The Morgan fingerprint density at radius 3 is 2.40 bits per heavy atom. The highest BCUT2D eigenvalue weighted by molar-refractivity contribution is 5.85. The fourth-order valence-corrected chi connectivity index (χ4v) is 8.20. The molecule has 6 heteroatoms. The second-order valence-corrected chi connectivity index (χ2v) is 11.0. The van der Waals surface area contributed by atoms with E-state index in [2.05, 4.69) is 11.7 Å². The maximum atomic E-state index is 13.0. The molecule has 0 aromatic heterocycles. The van der Waals surface area contributed by atoms with E-state index in [0.29, 0.717) is 19.3 Å². The van der Waals surface area contributed by atoms with Crippen molar-refractivity contribution in [3.8, 4) is 0 Å². The van der Waals surface area contributed by atoms with Gasteiger partial charge in [0.2, 0.25) is 0 Å². The maximum Gasteiger partial charge on any atom is 0.305 e. The van der Waals surface area contributed by atoms with E-state index in [0.717, 1.165) is 25.7 Å². The number of carbonyl (C=O) groups excluding carboxylic acids is 2. The lowest BCUT2D eigenvalue weighted by molar-refractivity contribution is -0.204. The second-order valence-electron chi connectivity index (χ2n) is 11.0. The predicted octanol–water partition coefficient (Wildman–Crippen LogP) is 2.47. The number of hydrogen-bond donors (Lipinski definition) is 3. The Balaban J connectivity index is 1.59. The van der Waals surface area contributed by atoms with Crippen LogP contribution in [0.4, 0.5) is 0 Å². The van der Waals surface area contributed by atoms with Crippen LogP contribution in [0.1, 0.15) is 71.6 Å². The van der Waals surface area contributed by atoms with Gasteiger partial charge in [-0.25, -0.2) is 0 Å². The molecule has 4 fully saturated rings. The summed E-state index contributed by atoms with van der Waals surface area (Å²) in [6, 6.07) is 0. The van der Waals surface area contributed by atoms with E-state index in [9.17, 15) is 24.9 Å². The molecule has 0 saturated heterocycles. The van der Waals surface area contributed by atoms with Crippen molar-refractivity contribution in [3.05, 3.63) is 0 Å². The molecule has 4 rings (SSSR count). The zero-order chi connectivity index (χ0) is 21.8. The van der Waals surface area contributed by atoms with Gasteiger partial charge in [-0.15, -0.1) is 0 Å². The van der Waals surface area contributed by atoms with Crippen LogP contribution in [-0.4, -0.2) is 52.5 Å². The minimum atomic E-state index is -0.590. The van der Waals surface area contributed by atoms with Crippen LogP contribution in [0.3, 0.4) is 0 Å². The number of aliphatic hydroxyl groups is 3. The van der Waals surface area contributed by atoms with E-state index in [4.69, 9.17) is 0 Å². The fourth-order valence-electron chi connectivity index (χ4n) is 8.20. The highest BCUT2D eigenvalue weighted by Gasteiger charge is 2.66. The van der Waals surface area contributed by atoms with Crippen molar-refractivity contribution >= 4 is 11.8 Å². The average Bonchev–Trinajstić information content (AvgIpc) is 3.06. The van der Waals surface area contributed by atoms with Crippen LogP contribution in [-0.2, 0) is 14.3 Å². The van der Waals surface area contributed by atoms with Crippen LogP contribution in [0.5, 0.6) is 0 Å². The minimum Gasteiger partial charge on any atom is -0.469 e. The molecule has 10 atom stereocenters. The Bertz CT molecular complexity index is 693. The van der Waals surface area contributed by atoms with Gasteiger partial charge >= 0.3 is 5.97 Å². The molecule has 170 valence electrons. The third-order valence-corrected chi connectivity index (χ3v) is 9.96. The van der Waals surface area contributed by atoms with E-state index in [-0.39, 0.29) is 65.7 Å². The van der Waals surface area contributed by atoms with Crippen LogP contribution in [0, 0.1) is 40.4 Å². The van der Waals surface area contributed by atoms with Crippen molar-refractivity contribution < 1.29 is 29.6 Å². The molecule has 0 bridgehead atoms. The van der Waals surface area contributed by atoms with Gasteiger partial charge in [-0.3, -0.25) is 9.59 Å². The molecule has 4 aliphatic carbocycles. The number of ether oxygens (including phenoxy) is 1. The Hall–Kier alpha value is -0.980. The van der Waals surface area contributed by atoms with Gasteiger partial charge in [0, 0.05) is 17.8 Å². The predicted molar refractivity (Wildman–Crippen MR) is 110 cm³/mol. The summed E-state index contributed by atoms with van der Waals surface area (Å²) in [5.74, 6) is 0.0931.